The number of cyclic esters (lactones) is 2. The second kappa shape index (κ2) is 25.9. The number of carbonyl (C=O) groups is 5. The number of esters is 4. The Morgan fingerprint density at radius 3 is 1.48 bits per heavy atom. The van der Waals surface area contributed by atoms with Crippen molar-refractivity contribution in [1.29, 1.82) is 10.5 Å². The summed E-state index contributed by atoms with van der Waals surface area (Å²) in [6, 6.07) is 0.0434. The minimum Gasteiger partial charge on any atom is -0.504 e. The van der Waals surface area contributed by atoms with Gasteiger partial charge in [-0.2, -0.15) is 23.7 Å². The molecule has 0 radical (unpaired) electrons. The van der Waals surface area contributed by atoms with Crippen LogP contribution < -0.4 is 48.9 Å². The van der Waals surface area contributed by atoms with Crippen LogP contribution in [0.1, 0.15) is 115 Å². The number of aromatic hydroxyl groups is 2. The van der Waals surface area contributed by atoms with Crippen molar-refractivity contribution in [2.24, 2.45) is 5.73 Å². The number of amides is 1. The van der Waals surface area contributed by atoms with Crippen molar-refractivity contribution in [3.05, 3.63) is 104 Å². The summed E-state index contributed by atoms with van der Waals surface area (Å²) in [5.74, 6) is -2.74. The summed E-state index contributed by atoms with van der Waals surface area (Å²) < 4.78 is 99.1. The van der Waals surface area contributed by atoms with Gasteiger partial charge in [-0.05, 0) is 62.8 Å². The van der Waals surface area contributed by atoms with Gasteiger partial charge in [-0.15, -0.1) is 36.7 Å². The van der Waals surface area contributed by atoms with Gasteiger partial charge in [0, 0.05) is 107 Å². The number of thioether (sulfide) groups is 2. The minimum absolute atomic E-state index is 0.0365. The molecule has 1 amide bonds. The zero-order valence-electron chi connectivity index (χ0n) is 54.6. The number of benzene rings is 4. The quantitative estimate of drug-likeness (QED) is 0.0748. The highest BCUT2D eigenvalue weighted by Gasteiger charge is 2.64. The number of phenols is 2. The highest BCUT2D eigenvalue weighted by Crippen LogP contribution is 2.67. The van der Waals surface area contributed by atoms with Crippen LogP contribution in [0.5, 0.6) is 57.5 Å². The van der Waals surface area contributed by atoms with E-state index >= 15 is 0 Å². The summed E-state index contributed by atoms with van der Waals surface area (Å²) >= 11 is 2.46. The molecule has 0 aromatic heterocycles. The SMILES string of the molecule is C=CCN1C2c3c(cc(C)c(OC)c3O)CC1[C@H](C#N)N1C2[C@@H]2SCC(N)C(=O)OC[C@H]1c1c3c(c(C)c(OC(C)=O)c12)OCO3.C=CCN1C2c3c(cc(C)c(OC)c3O)CC1[C@H](C#N)N1C2[C@@H]2SCC(NC(=O)C(F)(F)F)C(=O)OC[C@H]1c1c3c(c(C)c(OC(C)=O)c12)OCO3. The number of alkyl halides is 3. The number of nitrogens with two attached hydrogens (primary N) is 1. The third-order valence-corrected chi connectivity index (χ3v) is 23.1. The van der Waals surface area contributed by atoms with E-state index < -0.39 is 125 Å². The van der Waals surface area contributed by atoms with Crippen LogP contribution in [-0.4, -0.2) is 180 Å². The summed E-state index contributed by atoms with van der Waals surface area (Å²) in [5.41, 5.74) is 14.1. The number of carbonyl (C=O) groups excluding carboxylic acids is 5. The van der Waals surface area contributed by atoms with Crippen LogP contribution in [0.25, 0.3) is 0 Å². The fraction of sp³-hybridized carbons (Fsp3) is 0.485. The fourth-order valence-corrected chi connectivity index (χ4v) is 19.7. The molecule has 30 heteroatoms. The Labute approximate surface area is 569 Å². The van der Waals surface area contributed by atoms with Crippen molar-refractivity contribution in [2.75, 3.05) is 65.6 Å². The number of phenolic OH excluding ortho intramolecular Hbond substituents is 2. The number of ether oxygens (including phenoxy) is 10. The molecule has 4 fully saturated rings. The summed E-state index contributed by atoms with van der Waals surface area (Å²) in [6.45, 7) is 17.7. The second-order valence-electron chi connectivity index (χ2n) is 25.5. The monoisotopic (exact) mass is 1390 g/mol. The zero-order valence-corrected chi connectivity index (χ0v) is 56.2. The van der Waals surface area contributed by atoms with Crippen LogP contribution in [-0.2, 0) is 46.3 Å². The predicted molar refractivity (Wildman–Crippen MR) is 344 cm³/mol. The number of halogens is 3. The van der Waals surface area contributed by atoms with E-state index in [9.17, 15) is 57.9 Å². The van der Waals surface area contributed by atoms with E-state index in [0.717, 1.165) is 28.5 Å². The highest BCUT2D eigenvalue weighted by atomic mass is 32.2. The van der Waals surface area contributed by atoms with Crippen molar-refractivity contribution in [2.45, 2.75) is 144 Å². The lowest BCUT2D eigenvalue weighted by atomic mass is 9.71. The average Bonchev–Trinajstić information content (AvgIpc) is 0.963. The maximum Gasteiger partial charge on any atom is 0.471 e. The number of hydrogen-bond donors (Lipinski definition) is 4. The molecule has 0 spiro atoms. The number of nitriles is 2. The number of piperazine rings is 2. The maximum absolute atomic E-state index is 13.4. The van der Waals surface area contributed by atoms with E-state index in [1.807, 2.05) is 30.9 Å². The molecule has 4 aromatic rings. The van der Waals surface area contributed by atoms with Crippen LogP contribution in [0.15, 0.2) is 37.4 Å². The van der Waals surface area contributed by atoms with Gasteiger partial charge in [0.2, 0.25) is 13.6 Å². The summed E-state index contributed by atoms with van der Waals surface area (Å²) in [6.07, 6.45) is -0.932. The first-order valence-corrected chi connectivity index (χ1v) is 33.8. The predicted octanol–water partition coefficient (Wildman–Crippen LogP) is 6.95. The molecule has 518 valence electrons. The Balaban J connectivity index is 0.000000178. The average molecular weight is 1390 g/mol. The number of aryl methyl sites for hydroxylation is 2. The van der Waals surface area contributed by atoms with Gasteiger partial charge >= 0.3 is 36.0 Å². The van der Waals surface area contributed by atoms with E-state index in [2.05, 4.69) is 40.0 Å². The molecule has 0 aliphatic carbocycles. The molecule has 5 N–H and O–H groups in total. The third kappa shape index (κ3) is 10.7. The van der Waals surface area contributed by atoms with Gasteiger partial charge in [0.25, 0.3) is 0 Å². The molecular weight excluding hydrogens is 1320 g/mol. The number of hydrogen-bond acceptors (Lipinski definition) is 26. The number of rotatable bonds is 9. The molecule has 14 atom stereocenters. The van der Waals surface area contributed by atoms with Crippen LogP contribution in [0.4, 0.5) is 13.2 Å². The molecular formula is C68H71F3N8O17S2. The first-order valence-electron chi connectivity index (χ1n) is 31.7. The van der Waals surface area contributed by atoms with E-state index in [0.29, 0.717) is 104 Å². The van der Waals surface area contributed by atoms with Gasteiger partial charge in [0.05, 0.1) is 61.0 Å². The van der Waals surface area contributed by atoms with E-state index in [1.165, 1.54) is 39.8 Å². The smallest absolute Gasteiger partial charge is 0.471 e. The van der Waals surface area contributed by atoms with Gasteiger partial charge in [-0.3, -0.25) is 38.8 Å². The zero-order chi connectivity index (χ0) is 70.0. The topological polar surface area (TPSA) is 317 Å². The number of nitrogens with one attached hydrogen (secondary N) is 1. The van der Waals surface area contributed by atoms with Crippen molar-refractivity contribution < 1.29 is 94.7 Å². The lowest BCUT2D eigenvalue weighted by Gasteiger charge is -2.62. The van der Waals surface area contributed by atoms with Crippen LogP contribution in [0.2, 0.25) is 0 Å². The molecule has 10 heterocycles. The molecule has 98 heavy (non-hydrogen) atoms. The Bertz CT molecular complexity index is 4160. The number of fused-ring (bicyclic) bond motifs is 18. The number of nitrogens with zero attached hydrogens (tertiary/aromatic N) is 6. The normalized spacial score (nSPS) is 28.5. The Morgan fingerprint density at radius 1 is 0.663 bits per heavy atom. The first-order chi connectivity index (χ1) is 46.8. The second-order valence-corrected chi connectivity index (χ2v) is 27.9. The van der Waals surface area contributed by atoms with Crippen molar-refractivity contribution in [1.82, 2.24) is 24.9 Å². The van der Waals surface area contributed by atoms with E-state index in [1.54, 1.807) is 31.3 Å². The van der Waals surface area contributed by atoms with Crippen LogP contribution in [0, 0.1) is 50.4 Å². The van der Waals surface area contributed by atoms with Gasteiger partial charge < -0.3 is 68.6 Å². The summed E-state index contributed by atoms with van der Waals surface area (Å²) in [7, 11) is 2.98. The minimum atomic E-state index is -5.27. The number of methoxy groups -OCH3 is 2. The largest absolute Gasteiger partial charge is 0.504 e. The Morgan fingerprint density at radius 2 is 1.08 bits per heavy atom. The van der Waals surface area contributed by atoms with Crippen LogP contribution in [0.3, 0.4) is 0 Å². The van der Waals surface area contributed by atoms with E-state index in [4.69, 9.17) is 53.1 Å². The fourth-order valence-electron chi connectivity index (χ4n) is 16.8. The molecule has 14 rings (SSSR count). The van der Waals surface area contributed by atoms with Gasteiger partial charge in [0.15, 0.2) is 46.0 Å². The van der Waals surface area contributed by atoms with Gasteiger partial charge in [0.1, 0.15) is 48.9 Å². The van der Waals surface area contributed by atoms with Crippen LogP contribution >= 0.6 is 23.5 Å². The maximum atomic E-state index is 13.4. The van der Waals surface area contributed by atoms with Crippen molar-refractivity contribution in [3.8, 4) is 69.6 Å². The van der Waals surface area contributed by atoms with E-state index in [-0.39, 0.29) is 61.5 Å². The highest BCUT2D eigenvalue weighted by molar-refractivity contribution is 7.99. The summed E-state index contributed by atoms with van der Waals surface area (Å²) in [5, 5.41) is 46.2. The molecule has 4 saturated heterocycles. The first kappa shape index (κ1) is 67.9. The van der Waals surface area contributed by atoms with Crippen molar-refractivity contribution in [3.63, 3.8) is 0 Å². The molecule has 4 aromatic carbocycles. The standard InChI is InChI=1S/C35H35F3N4O9S.C33H36N4O8S/c1-6-7-41-19-9-17-8-14(2)28(47-5)27(44)22(17)25(41)26-32-24-23(31-30(49-13-50-31)15(3)29(24)51-16(4)43)21(42(26)20(19)10-39)11-48-33(45)18(12-52-32)40-34(46)35(36,37)38;1-6-7-36-19-9-17-8-14(2)28(41-5)27(39)22(17)25(36)26-32-24-23(31-30(43-13-44-31)15(3)29(24)45-16(4)38)21(37(26)20(19)10-34)11-42-33(40)18(35)12-46-32/h6,8,18-21,25-26,32,44H,1,7,9,11-13H2,2-5H3,(H,40,46);6,8,18-21,25-26,32,39H,1,7,9,11-13,35H2,2-5H3/t2*18?,19?,20-,21-,25?,26?,32+/m00/s1. The molecule has 0 saturated carbocycles. The molecule has 10 aliphatic heterocycles. The third-order valence-electron chi connectivity index (χ3n) is 20.2. The Kier molecular flexibility index (Phi) is 18.0. The lowest BCUT2D eigenvalue weighted by Crippen LogP contribution is -2.70. The van der Waals surface area contributed by atoms with Crippen molar-refractivity contribution >= 4 is 53.3 Å². The molecule has 25 nitrogen and oxygen atoms in total. The molecule has 8 bridgehead atoms. The lowest BCUT2D eigenvalue weighted by molar-refractivity contribution is -0.176. The Hall–Kier alpha value is -8.62. The molecule has 8 unspecified atom stereocenters. The molecule has 10 aliphatic rings. The van der Waals surface area contributed by atoms with Gasteiger partial charge in [-0.1, -0.05) is 24.3 Å². The summed E-state index contributed by atoms with van der Waals surface area (Å²) in [4.78, 5) is 72.3. The van der Waals surface area contributed by atoms with Gasteiger partial charge in [-0.25, -0.2) is 4.79 Å².